The van der Waals surface area contributed by atoms with Crippen molar-refractivity contribution >= 4 is 12.4 Å². The van der Waals surface area contributed by atoms with Gasteiger partial charge in [0.15, 0.2) is 0 Å². The third-order valence-electron chi connectivity index (χ3n) is 3.59. The second-order valence-electron chi connectivity index (χ2n) is 4.94. The van der Waals surface area contributed by atoms with E-state index in [1.54, 1.807) is 6.07 Å². The van der Waals surface area contributed by atoms with Crippen molar-refractivity contribution < 1.29 is 18.3 Å². The number of benzene rings is 1. The van der Waals surface area contributed by atoms with Crippen LogP contribution in [0.1, 0.15) is 23.6 Å². The van der Waals surface area contributed by atoms with Crippen molar-refractivity contribution in [3.63, 3.8) is 0 Å². The molecule has 1 aliphatic rings. The summed E-state index contributed by atoms with van der Waals surface area (Å²) in [6, 6.07) is 5.26. The largest absolute Gasteiger partial charge is 0.416 e. The third kappa shape index (κ3) is 4.85. The van der Waals surface area contributed by atoms with Gasteiger partial charge in [-0.15, -0.1) is 12.4 Å². The van der Waals surface area contributed by atoms with E-state index < -0.39 is 11.7 Å². The highest BCUT2D eigenvalue weighted by molar-refractivity contribution is 5.85. The molecule has 1 atom stereocenters. The van der Waals surface area contributed by atoms with E-state index in [1.165, 1.54) is 12.1 Å². The van der Waals surface area contributed by atoms with Crippen LogP contribution in [-0.4, -0.2) is 42.8 Å². The van der Waals surface area contributed by atoms with E-state index in [1.807, 2.05) is 0 Å². The molecule has 0 aliphatic carbocycles. The molecule has 1 heterocycles. The summed E-state index contributed by atoms with van der Waals surface area (Å²) in [5, 5.41) is 12.4. The number of alkyl halides is 3. The lowest BCUT2D eigenvalue weighted by Gasteiger charge is -2.35. The van der Waals surface area contributed by atoms with Crippen LogP contribution in [0.3, 0.4) is 0 Å². The molecule has 2 N–H and O–H groups in total. The Morgan fingerprint density at radius 1 is 1.24 bits per heavy atom. The number of aliphatic hydroxyl groups excluding tert-OH is 1. The maximum atomic E-state index is 12.8. The molecule has 0 spiro atoms. The van der Waals surface area contributed by atoms with Crippen LogP contribution in [0.5, 0.6) is 0 Å². The summed E-state index contributed by atoms with van der Waals surface area (Å²) in [6.07, 6.45) is -3.88. The summed E-state index contributed by atoms with van der Waals surface area (Å²) >= 11 is 0. The van der Waals surface area contributed by atoms with E-state index in [0.29, 0.717) is 12.0 Å². The Balaban J connectivity index is 0.00000220. The van der Waals surface area contributed by atoms with E-state index in [4.69, 9.17) is 0 Å². The van der Waals surface area contributed by atoms with Gasteiger partial charge in [0.2, 0.25) is 0 Å². The van der Waals surface area contributed by atoms with Crippen LogP contribution in [0.4, 0.5) is 13.2 Å². The fraction of sp³-hybridized carbons (Fsp3) is 0.571. The van der Waals surface area contributed by atoms with Gasteiger partial charge in [-0.05, 0) is 24.1 Å². The molecule has 120 valence electrons. The van der Waals surface area contributed by atoms with Gasteiger partial charge in [-0.3, -0.25) is 4.90 Å². The zero-order valence-corrected chi connectivity index (χ0v) is 12.4. The van der Waals surface area contributed by atoms with Gasteiger partial charge in [-0.1, -0.05) is 12.1 Å². The average molecular weight is 325 g/mol. The van der Waals surface area contributed by atoms with Crippen molar-refractivity contribution in [3.05, 3.63) is 35.4 Å². The Kier molecular flexibility index (Phi) is 6.93. The molecular formula is C14H20ClF3N2O. The molecule has 2 rings (SSSR count). The SMILES string of the molecule is Cl.OCC[C@H](c1cccc(C(F)(F)F)c1)N1CCNCC1. The van der Waals surface area contributed by atoms with E-state index >= 15 is 0 Å². The molecule has 3 nitrogen and oxygen atoms in total. The van der Waals surface area contributed by atoms with Gasteiger partial charge < -0.3 is 10.4 Å². The van der Waals surface area contributed by atoms with Gasteiger partial charge >= 0.3 is 6.18 Å². The van der Waals surface area contributed by atoms with Gasteiger partial charge in [-0.25, -0.2) is 0 Å². The molecule has 1 aromatic carbocycles. The first-order valence-corrected chi connectivity index (χ1v) is 6.75. The summed E-state index contributed by atoms with van der Waals surface area (Å²) < 4.78 is 38.4. The quantitative estimate of drug-likeness (QED) is 0.893. The Morgan fingerprint density at radius 2 is 1.90 bits per heavy atom. The van der Waals surface area contributed by atoms with Gasteiger partial charge in [0.05, 0.1) is 5.56 Å². The normalized spacial score (nSPS) is 18.1. The highest BCUT2D eigenvalue weighted by Gasteiger charge is 2.31. The van der Waals surface area contributed by atoms with Gasteiger partial charge in [0, 0.05) is 38.8 Å². The fourth-order valence-electron chi connectivity index (χ4n) is 2.60. The fourth-order valence-corrected chi connectivity index (χ4v) is 2.60. The topological polar surface area (TPSA) is 35.5 Å². The number of rotatable bonds is 4. The first kappa shape index (κ1) is 18.2. The van der Waals surface area contributed by atoms with Crippen LogP contribution in [-0.2, 0) is 6.18 Å². The Bertz CT molecular complexity index is 436. The summed E-state index contributed by atoms with van der Waals surface area (Å²) in [6.45, 7) is 3.16. The molecule has 0 unspecified atom stereocenters. The number of aliphatic hydroxyl groups is 1. The lowest BCUT2D eigenvalue weighted by molar-refractivity contribution is -0.137. The van der Waals surface area contributed by atoms with Crippen molar-refractivity contribution in [3.8, 4) is 0 Å². The summed E-state index contributed by atoms with van der Waals surface area (Å²) in [7, 11) is 0. The lowest BCUT2D eigenvalue weighted by atomic mass is 9.99. The number of hydrogen-bond acceptors (Lipinski definition) is 3. The molecule has 7 heteroatoms. The summed E-state index contributed by atoms with van der Waals surface area (Å²) in [5.74, 6) is 0. The van der Waals surface area contributed by atoms with Crippen LogP contribution in [0.15, 0.2) is 24.3 Å². The zero-order chi connectivity index (χ0) is 14.6. The minimum Gasteiger partial charge on any atom is -0.396 e. The zero-order valence-electron chi connectivity index (χ0n) is 11.6. The third-order valence-corrected chi connectivity index (χ3v) is 3.59. The van der Waals surface area contributed by atoms with Crippen LogP contribution in [0, 0.1) is 0 Å². The Labute approximate surface area is 128 Å². The van der Waals surface area contributed by atoms with Crippen molar-refractivity contribution in [1.29, 1.82) is 0 Å². The Hall–Kier alpha value is -0.820. The molecule has 0 saturated carbocycles. The smallest absolute Gasteiger partial charge is 0.396 e. The van der Waals surface area contributed by atoms with Crippen LogP contribution in [0.2, 0.25) is 0 Å². The second kappa shape index (κ2) is 7.98. The summed E-state index contributed by atoms with van der Waals surface area (Å²) in [5.41, 5.74) is -0.0103. The maximum Gasteiger partial charge on any atom is 0.416 e. The maximum absolute atomic E-state index is 12.8. The molecule has 1 fully saturated rings. The minimum absolute atomic E-state index is 0. The molecule has 0 radical (unpaired) electrons. The second-order valence-corrected chi connectivity index (χ2v) is 4.94. The molecule has 1 aliphatic heterocycles. The number of hydrogen-bond donors (Lipinski definition) is 2. The monoisotopic (exact) mass is 324 g/mol. The molecule has 1 aromatic rings. The standard InChI is InChI=1S/C14H19F3N2O.ClH/c15-14(16,17)12-3-1-2-11(10-12)13(4-9-20)19-7-5-18-6-8-19;/h1-3,10,13,18,20H,4-9H2;1H/t13-;/m1./s1. The predicted molar refractivity (Wildman–Crippen MR) is 77.6 cm³/mol. The summed E-state index contributed by atoms with van der Waals surface area (Å²) in [4.78, 5) is 2.13. The van der Waals surface area contributed by atoms with Crippen LogP contribution in [0.25, 0.3) is 0 Å². The number of nitrogens with one attached hydrogen (secondary N) is 1. The van der Waals surface area contributed by atoms with Gasteiger partial charge in [0.1, 0.15) is 0 Å². The first-order chi connectivity index (χ1) is 9.52. The number of halogens is 4. The van der Waals surface area contributed by atoms with Crippen molar-refractivity contribution in [2.75, 3.05) is 32.8 Å². The molecule has 0 bridgehead atoms. The van der Waals surface area contributed by atoms with Crippen LogP contribution < -0.4 is 5.32 Å². The van der Waals surface area contributed by atoms with Gasteiger partial charge in [-0.2, -0.15) is 13.2 Å². The highest BCUT2D eigenvalue weighted by atomic mass is 35.5. The molecule has 21 heavy (non-hydrogen) atoms. The minimum atomic E-state index is -4.33. The van der Waals surface area contributed by atoms with E-state index in [2.05, 4.69) is 10.2 Å². The number of nitrogens with zero attached hydrogens (tertiary/aromatic N) is 1. The van der Waals surface area contributed by atoms with Gasteiger partial charge in [0.25, 0.3) is 0 Å². The highest BCUT2D eigenvalue weighted by Crippen LogP contribution is 2.32. The molecule has 0 aromatic heterocycles. The van der Waals surface area contributed by atoms with Crippen molar-refractivity contribution in [1.82, 2.24) is 10.2 Å². The molecule has 1 saturated heterocycles. The number of piperazine rings is 1. The average Bonchev–Trinajstić information content (AvgIpc) is 2.45. The van der Waals surface area contributed by atoms with E-state index in [9.17, 15) is 18.3 Å². The predicted octanol–water partition coefficient (Wildman–Crippen LogP) is 2.46. The molecule has 0 amide bonds. The Morgan fingerprint density at radius 3 is 2.48 bits per heavy atom. The van der Waals surface area contributed by atoms with Crippen LogP contribution >= 0.6 is 12.4 Å². The van der Waals surface area contributed by atoms with Crippen molar-refractivity contribution in [2.24, 2.45) is 0 Å². The van der Waals surface area contributed by atoms with E-state index in [0.717, 1.165) is 32.2 Å². The lowest BCUT2D eigenvalue weighted by Crippen LogP contribution is -2.45. The van der Waals surface area contributed by atoms with E-state index in [-0.39, 0.29) is 25.1 Å². The first-order valence-electron chi connectivity index (χ1n) is 6.75. The van der Waals surface area contributed by atoms with Crippen molar-refractivity contribution in [2.45, 2.75) is 18.6 Å². The molecular weight excluding hydrogens is 305 g/mol.